The fourth-order valence-corrected chi connectivity index (χ4v) is 2.80. The standard InChI is InChI=1S/C14H14N2OS/c1-8-6-12(17-4)9(2)5-11(8)14-16-10(3)13(7-15)18-14/h5-6H,1-4H3. The minimum atomic E-state index is 0.679. The lowest BCUT2D eigenvalue weighted by atomic mass is 10.1. The van der Waals surface area contributed by atoms with E-state index in [1.165, 1.54) is 11.3 Å². The molecule has 0 amide bonds. The number of ether oxygens (including phenoxy) is 1. The number of methoxy groups -OCH3 is 1. The van der Waals surface area contributed by atoms with Crippen molar-refractivity contribution in [2.75, 3.05) is 7.11 Å². The van der Waals surface area contributed by atoms with Crippen molar-refractivity contribution >= 4 is 11.3 Å². The van der Waals surface area contributed by atoms with Crippen LogP contribution in [0.15, 0.2) is 12.1 Å². The highest BCUT2D eigenvalue weighted by molar-refractivity contribution is 7.15. The van der Waals surface area contributed by atoms with Crippen LogP contribution in [0.2, 0.25) is 0 Å². The summed E-state index contributed by atoms with van der Waals surface area (Å²) in [6.07, 6.45) is 0. The number of benzene rings is 1. The number of nitriles is 1. The first-order valence-electron chi connectivity index (χ1n) is 5.60. The van der Waals surface area contributed by atoms with Gasteiger partial charge >= 0.3 is 0 Å². The first kappa shape index (κ1) is 12.6. The molecule has 0 spiro atoms. The Bertz CT molecular complexity index is 638. The lowest BCUT2D eigenvalue weighted by molar-refractivity contribution is 0.411. The smallest absolute Gasteiger partial charge is 0.128 e. The zero-order chi connectivity index (χ0) is 13.3. The van der Waals surface area contributed by atoms with Gasteiger partial charge in [-0.1, -0.05) is 0 Å². The predicted molar refractivity (Wildman–Crippen MR) is 73.0 cm³/mol. The van der Waals surface area contributed by atoms with E-state index >= 15 is 0 Å². The number of hydrogen-bond donors (Lipinski definition) is 0. The third-order valence-electron chi connectivity index (χ3n) is 2.87. The summed E-state index contributed by atoms with van der Waals surface area (Å²) in [4.78, 5) is 5.14. The first-order chi connectivity index (χ1) is 8.56. The van der Waals surface area contributed by atoms with Crippen LogP contribution in [0.4, 0.5) is 0 Å². The van der Waals surface area contributed by atoms with Gasteiger partial charge in [0.25, 0.3) is 0 Å². The van der Waals surface area contributed by atoms with Crippen molar-refractivity contribution in [1.29, 1.82) is 5.26 Å². The molecule has 1 aromatic heterocycles. The average Bonchev–Trinajstić information content (AvgIpc) is 2.72. The Hall–Kier alpha value is -1.86. The van der Waals surface area contributed by atoms with Gasteiger partial charge in [-0.25, -0.2) is 4.98 Å². The molecule has 0 bridgehead atoms. The summed E-state index contributed by atoms with van der Waals surface area (Å²) in [7, 11) is 1.67. The fraction of sp³-hybridized carbons (Fsp3) is 0.286. The maximum absolute atomic E-state index is 8.99. The van der Waals surface area contributed by atoms with E-state index < -0.39 is 0 Å². The molecule has 92 valence electrons. The van der Waals surface area contributed by atoms with E-state index in [1.54, 1.807) is 7.11 Å². The lowest BCUT2D eigenvalue weighted by Crippen LogP contribution is -1.91. The number of thiazole rings is 1. The van der Waals surface area contributed by atoms with Gasteiger partial charge in [-0.2, -0.15) is 5.26 Å². The number of rotatable bonds is 2. The predicted octanol–water partition coefficient (Wildman–Crippen LogP) is 3.62. The summed E-state index contributed by atoms with van der Waals surface area (Å²) in [6.45, 7) is 5.90. The normalized spacial score (nSPS) is 10.2. The highest BCUT2D eigenvalue weighted by Crippen LogP contribution is 2.33. The topological polar surface area (TPSA) is 45.9 Å². The van der Waals surface area contributed by atoms with Gasteiger partial charge in [-0.05, 0) is 44.0 Å². The summed E-state index contributed by atoms with van der Waals surface area (Å²) in [5, 5.41) is 9.88. The zero-order valence-corrected chi connectivity index (χ0v) is 11.7. The molecule has 0 atom stereocenters. The van der Waals surface area contributed by atoms with E-state index in [-0.39, 0.29) is 0 Å². The Kier molecular flexibility index (Phi) is 3.35. The van der Waals surface area contributed by atoms with E-state index in [9.17, 15) is 0 Å². The molecular weight excluding hydrogens is 244 g/mol. The molecule has 4 heteroatoms. The number of hydrogen-bond acceptors (Lipinski definition) is 4. The summed E-state index contributed by atoms with van der Waals surface area (Å²) >= 11 is 1.44. The van der Waals surface area contributed by atoms with Crippen LogP contribution in [0.3, 0.4) is 0 Å². The van der Waals surface area contributed by atoms with E-state index in [1.807, 2.05) is 26.8 Å². The first-order valence-corrected chi connectivity index (χ1v) is 6.41. The van der Waals surface area contributed by atoms with E-state index in [0.717, 1.165) is 33.1 Å². The Morgan fingerprint density at radius 2 is 1.94 bits per heavy atom. The Morgan fingerprint density at radius 1 is 1.22 bits per heavy atom. The molecule has 3 nitrogen and oxygen atoms in total. The van der Waals surface area contributed by atoms with Gasteiger partial charge in [0.1, 0.15) is 21.7 Å². The zero-order valence-electron chi connectivity index (χ0n) is 10.9. The van der Waals surface area contributed by atoms with E-state index in [0.29, 0.717) is 4.88 Å². The fourth-order valence-electron chi connectivity index (χ4n) is 1.86. The molecule has 18 heavy (non-hydrogen) atoms. The lowest BCUT2D eigenvalue weighted by Gasteiger charge is -2.09. The summed E-state index contributed by atoms with van der Waals surface area (Å²) < 4.78 is 5.30. The molecule has 0 unspecified atom stereocenters. The summed E-state index contributed by atoms with van der Waals surface area (Å²) in [5.41, 5.74) is 4.05. The van der Waals surface area contributed by atoms with Crippen molar-refractivity contribution in [3.05, 3.63) is 33.8 Å². The minimum absolute atomic E-state index is 0.679. The van der Waals surface area contributed by atoms with Crippen LogP contribution in [0.25, 0.3) is 10.6 Å². The molecule has 0 N–H and O–H groups in total. The third-order valence-corrected chi connectivity index (χ3v) is 3.97. The van der Waals surface area contributed by atoms with E-state index in [4.69, 9.17) is 10.00 Å². The largest absolute Gasteiger partial charge is 0.496 e. The second-order valence-electron chi connectivity index (χ2n) is 4.18. The van der Waals surface area contributed by atoms with Crippen LogP contribution in [0, 0.1) is 32.1 Å². The van der Waals surface area contributed by atoms with Gasteiger partial charge in [0.15, 0.2) is 0 Å². The maximum Gasteiger partial charge on any atom is 0.128 e. The maximum atomic E-state index is 8.99. The van der Waals surface area contributed by atoms with Crippen LogP contribution in [0.1, 0.15) is 21.7 Å². The SMILES string of the molecule is COc1cc(C)c(-c2nc(C)c(C#N)s2)cc1C. The van der Waals surface area contributed by atoms with Crippen molar-refractivity contribution in [3.8, 4) is 22.4 Å². The number of aryl methyl sites for hydroxylation is 3. The van der Waals surface area contributed by atoms with Crippen LogP contribution >= 0.6 is 11.3 Å². The molecule has 0 saturated heterocycles. The van der Waals surface area contributed by atoms with Crippen molar-refractivity contribution in [3.63, 3.8) is 0 Å². The van der Waals surface area contributed by atoms with Crippen molar-refractivity contribution in [2.24, 2.45) is 0 Å². The molecule has 1 heterocycles. The molecule has 1 aromatic carbocycles. The van der Waals surface area contributed by atoms with Crippen molar-refractivity contribution in [2.45, 2.75) is 20.8 Å². The number of aromatic nitrogens is 1. The second kappa shape index (κ2) is 4.79. The van der Waals surface area contributed by atoms with Gasteiger partial charge in [-0.3, -0.25) is 0 Å². The quantitative estimate of drug-likeness (QED) is 0.826. The third kappa shape index (κ3) is 2.09. The van der Waals surface area contributed by atoms with Gasteiger partial charge < -0.3 is 4.74 Å². The van der Waals surface area contributed by atoms with Gasteiger partial charge in [0, 0.05) is 5.56 Å². The Labute approximate surface area is 111 Å². The van der Waals surface area contributed by atoms with Crippen LogP contribution in [-0.4, -0.2) is 12.1 Å². The molecule has 0 saturated carbocycles. The molecule has 2 rings (SSSR count). The highest BCUT2D eigenvalue weighted by Gasteiger charge is 2.13. The number of nitrogens with zero attached hydrogens (tertiary/aromatic N) is 2. The molecule has 0 fully saturated rings. The molecular formula is C14H14N2OS. The molecule has 0 aliphatic carbocycles. The van der Waals surface area contributed by atoms with Crippen molar-refractivity contribution < 1.29 is 4.74 Å². The van der Waals surface area contributed by atoms with Crippen molar-refractivity contribution in [1.82, 2.24) is 4.98 Å². The van der Waals surface area contributed by atoms with Crippen LogP contribution < -0.4 is 4.74 Å². The highest BCUT2D eigenvalue weighted by atomic mass is 32.1. The summed E-state index contributed by atoms with van der Waals surface area (Å²) in [6, 6.07) is 6.24. The minimum Gasteiger partial charge on any atom is -0.496 e. The monoisotopic (exact) mass is 258 g/mol. The molecule has 2 aromatic rings. The molecule has 0 aliphatic heterocycles. The Balaban J connectivity index is 2.57. The average molecular weight is 258 g/mol. The molecule has 0 radical (unpaired) electrons. The van der Waals surface area contributed by atoms with E-state index in [2.05, 4.69) is 17.1 Å². The van der Waals surface area contributed by atoms with Gasteiger partial charge in [-0.15, -0.1) is 11.3 Å². The molecule has 0 aliphatic rings. The summed E-state index contributed by atoms with van der Waals surface area (Å²) in [5.74, 6) is 0.880. The van der Waals surface area contributed by atoms with Crippen LogP contribution in [0.5, 0.6) is 5.75 Å². The van der Waals surface area contributed by atoms with Crippen LogP contribution in [-0.2, 0) is 0 Å². The van der Waals surface area contributed by atoms with Gasteiger partial charge in [0.05, 0.1) is 12.8 Å². The second-order valence-corrected chi connectivity index (χ2v) is 5.18. The Morgan fingerprint density at radius 3 is 2.50 bits per heavy atom. The van der Waals surface area contributed by atoms with Gasteiger partial charge in [0.2, 0.25) is 0 Å².